The van der Waals surface area contributed by atoms with Crippen LogP contribution in [0, 0.1) is 5.41 Å². The molecule has 0 N–H and O–H groups in total. The molecule has 43 heavy (non-hydrogen) atoms. The van der Waals surface area contributed by atoms with Crippen molar-refractivity contribution in [2.45, 2.75) is 18.0 Å². The molecule has 3 atom stereocenters. The van der Waals surface area contributed by atoms with Gasteiger partial charge in [0.2, 0.25) is 0 Å². The van der Waals surface area contributed by atoms with Crippen molar-refractivity contribution in [1.82, 2.24) is 0 Å². The molecule has 7 nitrogen and oxygen atoms in total. The van der Waals surface area contributed by atoms with Crippen LogP contribution in [0.4, 0.5) is 5.69 Å². The number of Topliss-reactive ketones (excluding diaryl/α,β-unsaturated/α-hetero) is 3. The van der Waals surface area contributed by atoms with E-state index in [0.29, 0.717) is 39.5 Å². The van der Waals surface area contributed by atoms with Crippen molar-refractivity contribution in [2.75, 3.05) is 26.2 Å². The summed E-state index contributed by atoms with van der Waals surface area (Å²) in [4.78, 5) is 46.5. The van der Waals surface area contributed by atoms with Gasteiger partial charge in [-0.1, -0.05) is 66.7 Å². The highest BCUT2D eigenvalue weighted by molar-refractivity contribution is 6.32. The van der Waals surface area contributed by atoms with Gasteiger partial charge in [0.25, 0.3) is 0 Å². The first-order valence-electron chi connectivity index (χ1n) is 14.1. The zero-order chi connectivity index (χ0) is 29.9. The van der Waals surface area contributed by atoms with Crippen LogP contribution in [0.15, 0.2) is 97.1 Å². The lowest BCUT2D eigenvalue weighted by Gasteiger charge is -2.37. The number of anilines is 1. The van der Waals surface area contributed by atoms with Crippen molar-refractivity contribution < 1.29 is 28.6 Å². The fourth-order valence-corrected chi connectivity index (χ4v) is 7.34. The summed E-state index contributed by atoms with van der Waals surface area (Å²) in [5.74, 6) is -0.288. The topological polar surface area (TPSA) is 82.1 Å². The van der Waals surface area contributed by atoms with Crippen molar-refractivity contribution >= 4 is 29.1 Å². The Labute approximate surface area is 249 Å². The van der Waals surface area contributed by atoms with Gasteiger partial charge in [0, 0.05) is 33.9 Å². The lowest BCUT2D eigenvalue weighted by atomic mass is 9.64. The molecule has 0 unspecified atom stereocenters. The Bertz CT molecular complexity index is 1790. The largest absolute Gasteiger partial charge is 0.497 e. The van der Waals surface area contributed by atoms with Crippen molar-refractivity contribution in [3.05, 3.63) is 125 Å². The van der Waals surface area contributed by atoms with E-state index in [9.17, 15) is 14.4 Å². The fourth-order valence-electron chi connectivity index (χ4n) is 7.34. The van der Waals surface area contributed by atoms with E-state index in [0.717, 1.165) is 11.3 Å². The van der Waals surface area contributed by atoms with Gasteiger partial charge in [0.05, 0.1) is 27.4 Å². The maximum atomic E-state index is 14.9. The molecule has 0 amide bonds. The number of hydrogen-bond acceptors (Lipinski definition) is 7. The van der Waals surface area contributed by atoms with E-state index in [4.69, 9.17) is 14.2 Å². The maximum Gasteiger partial charge on any atom is 0.185 e. The average molecular weight is 572 g/mol. The third kappa shape index (κ3) is 3.57. The molecule has 7 rings (SSSR count). The minimum Gasteiger partial charge on any atom is -0.497 e. The zero-order valence-electron chi connectivity index (χ0n) is 23.9. The number of benzene rings is 4. The summed E-state index contributed by atoms with van der Waals surface area (Å²) in [5.41, 5.74) is 1.77. The number of nitrogens with zero attached hydrogens (tertiary/aromatic N) is 1. The molecule has 4 aromatic carbocycles. The van der Waals surface area contributed by atoms with Gasteiger partial charge in [0.1, 0.15) is 17.2 Å². The fraction of sp³-hybridized carbons (Fsp3) is 0.194. The Kier molecular flexibility index (Phi) is 6.20. The second kappa shape index (κ2) is 9.98. The number of ketones is 3. The standard InChI is InChI=1S/C36H29NO6/c1-41-23-18-15-22(16-19-23)32(38)31-30(26-12-8-14-28(42-2)33(26)43-3)36(34(39)24-10-5-6-11-25(24)35(36)40)29-20-17-21-9-4-7-13-27(21)37(29)31/h4-20,29-31H,1-3H3/t29-,30-,31+/m1/s1. The molecule has 2 heterocycles. The maximum absolute atomic E-state index is 14.9. The molecule has 0 bridgehead atoms. The molecule has 4 aromatic rings. The van der Waals surface area contributed by atoms with Crippen LogP contribution in [0.2, 0.25) is 0 Å². The second-order valence-corrected chi connectivity index (χ2v) is 10.9. The lowest BCUT2D eigenvalue weighted by molar-refractivity contribution is 0.0664. The van der Waals surface area contributed by atoms with Gasteiger partial charge >= 0.3 is 0 Å². The van der Waals surface area contributed by atoms with Crippen LogP contribution in [-0.2, 0) is 0 Å². The minimum absolute atomic E-state index is 0.221. The normalized spacial score (nSPS) is 20.9. The average Bonchev–Trinajstić information content (AvgIpc) is 3.49. The number of ether oxygens (including phenoxy) is 3. The predicted molar refractivity (Wildman–Crippen MR) is 163 cm³/mol. The van der Waals surface area contributed by atoms with E-state index in [1.807, 2.05) is 47.4 Å². The Morgan fingerprint density at radius 1 is 0.744 bits per heavy atom. The van der Waals surface area contributed by atoms with Crippen molar-refractivity contribution in [2.24, 2.45) is 5.41 Å². The molecule has 0 radical (unpaired) electrons. The minimum atomic E-state index is -1.64. The highest BCUT2D eigenvalue weighted by Crippen LogP contribution is 2.62. The summed E-state index contributed by atoms with van der Waals surface area (Å²) < 4.78 is 16.9. The lowest BCUT2D eigenvalue weighted by Crippen LogP contribution is -2.48. The van der Waals surface area contributed by atoms with Crippen LogP contribution in [0.5, 0.6) is 17.2 Å². The number of para-hydroxylation sites is 2. The smallest absolute Gasteiger partial charge is 0.185 e. The monoisotopic (exact) mass is 571 g/mol. The number of hydrogen-bond donors (Lipinski definition) is 0. The Balaban J connectivity index is 1.56. The second-order valence-electron chi connectivity index (χ2n) is 10.9. The number of fused-ring (bicyclic) bond motifs is 5. The summed E-state index contributed by atoms with van der Waals surface area (Å²) in [6.45, 7) is 0. The van der Waals surface area contributed by atoms with Crippen molar-refractivity contribution in [1.29, 1.82) is 0 Å². The van der Waals surface area contributed by atoms with E-state index >= 15 is 0 Å². The molecule has 1 spiro atoms. The van der Waals surface area contributed by atoms with Crippen molar-refractivity contribution in [3.63, 3.8) is 0 Å². The SMILES string of the molecule is COc1ccc(C(=O)[C@@H]2[C@@H](c3cccc(OC)c3OC)C3(C(=O)c4ccccc4C3=O)[C@H]3C=Cc4ccccc4N23)cc1. The molecule has 1 saturated heterocycles. The quantitative estimate of drug-likeness (QED) is 0.207. The molecule has 1 fully saturated rings. The molecule has 2 aliphatic heterocycles. The Hall–Kier alpha value is -5.17. The van der Waals surface area contributed by atoms with Gasteiger partial charge in [-0.15, -0.1) is 0 Å². The van der Waals surface area contributed by atoms with E-state index in [-0.39, 0.29) is 17.3 Å². The van der Waals surface area contributed by atoms with Gasteiger partial charge < -0.3 is 19.1 Å². The third-order valence-corrected chi connectivity index (χ3v) is 9.12. The van der Waals surface area contributed by atoms with E-state index in [2.05, 4.69) is 0 Å². The molecular weight excluding hydrogens is 542 g/mol. The van der Waals surface area contributed by atoms with Gasteiger partial charge in [-0.05, 0) is 42.0 Å². The van der Waals surface area contributed by atoms with Crippen molar-refractivity contribution in [3.8, 4) is 17.2 Å². The summed E-state index contributed by atoms with van der Waals surface area (Å²) in [5, 5.41) is 0. The van der Waals surface area contributed by atoms with E-state index in [1.54, 1.807) is 67.8 Å². The van der Waals surface area contributed by atoms with Crippen LogP contribution < -0.4 is 19.1 Å². The third-order valence-electron chi connectivity index (χ3n) is 9.12. The molecular formula is C36H29NO6. The Morgan fingerprint density at radius 3 is 2.07 bits per heavy atom. The van der Waals surface area contributed by atoms with Gasteiger partial charge in [-0.25, -0.2) is 0 Å². The van der Waals surface area contributed by atoms with Gasteiger partial charge in [-0.3, -0.25) is 14.4 Å². The summed E-state index contributed by atoms with van der Waals surface area (Å²) in [6.07, 6.45) is 3.85. The first-order valence-corrected chi connectivity index (χ1v) is 14.1. The summed E-state index contributed by atoms with van der Waals surface area (Å²) in [7, 11) is 4.63. The highest BCUT2D eigenvalue weighted by atomic mass is 16.5. The van der Waals surface area contributed by atoms with Gasteiger partial charge in [-0.2, -0.15) is 0 Å². The molecule has 3 aliphatic rings. The molecule has 7 heteroatoms. The van der Waals surface area contributed by atoms with Crippen LogP contribution in [0.1, 0.15) is 48.1 Å². The van der Waals surface area contributed by atoms with E-state index in [1.165, 1.54) is 14.2 Å². The van der Waals surface area contributed by atoms with Crippen LogP contribution >= 0.6 is 0 Å². The molecule has 214 valence electrons. The highest BCUT2D eigenvalue weighted by Gasteiger charge is 2.72. The van der Waals surface area contributed by atoms with Crippen LogP contribution in [0.3, 0.4) is 0 Å². The molecule has 1 aliphatic carbocycles. The zero-order valence-corrected chi connectivity index (χ0v) is 23.9. The predicted octanol–water partition coefficient (Wildman–Crippen LogP) is 6.03. The Morgan fingerprint density at radius 2 is 1.42 bits per heavy atom. The first kappa shape index (κ1) is 26.7. The number of carbonyl (C=O) groups excluding carboxylic acids is 3. The van der Waals surface area contributed by atoms with E-state index < -0.39 is 23.4 Å². The molecule has 0 saturated carbocycles. The van der Waals surface area contributed by atoms with Gasteiger partial charge in [0.15, 0.2) is 28.8 Å². The number of rotatable bonds is 6. The number of carbonyl (C=O) groups is 3. The summed E-state index contributed by atoms with van der Waals surface area (Å²) in [6, 6.07) is 25.3. The molecule has 0 aromatic heterocycles. The summed E-state index contributed by atoms with van der Waals surface area (Å²) >= 11 is 0. The number of methoxy groups -OCH3 is 3. The van der Waals surface area contributed by atoms with Crippen LogP contribution in [-0.4, -0.2) is 50.8 Å². The van der Waals surface area contributed by atoms with Crippen LogP contribution in [0.25, 0.3) is 6.08 Å². The first-order chi connectivity index (χ1) is 21.0.